The maximum absolute atomic E-state index is 11.7. The second-order valence-corrected chi connectivity index (χ2v) is 5.23. The Labute approximate surface area is 124 Å². The largest absolute Gasteiger partial charge is 0.369 e. The molecule has 114 valence electrons. The van der Waals surface area contributed by atoms with Gasteiger partial charge in [-0.25, -0.2) is 4.79 Å². The molecule has 3 N–H and O–H groups in total. The maximum atomic E-state index is 11.7. The van der Waals surface area contributed by atoms with Crippen LogP contribution in [0.5, 0.6) is 0 Å². The van der Waals surface area contributed by atoms with Crippen LogP contribution >= 0.6 is 0 Å². The molecule has 0 fully saturated rings. The highest BCUT2D eigenvalue weighted by Gasteiger charge is 2.19. The first-order chi connectivity index (χ1) is 10.1. The number of amides is 3. The van der Waals surface area contributed by atoms with E-state index in [1.807, 2.05) is 12.1 Å². The van der Waals surface area contributed by atoms with Crippen molar-refractivity contribution in [2.45, 2.75) is 25.9 Å². The molecule has 3 amide bonds. The molecule has 0 saturated heterocycles. The van der Waals surface area contributed by atoms with Gasteiger partial charge in [-0.1, -0.05) is 18.2 Å². The average Bonchev–Trinajstić information content (AvgIpc) is 2.64. The molecule has 0 spiro atoms. The highest BCUT2D eigenvalue weighted by Crippen LogP contribution is 2.23. The number of hydrogen-bond donors (Lipinski definition) is 3. The van der Waals surface area contributed by atoms with E-state index in [9.17, 15) is 9.59 Å². The first-order valence-corrected chi connectivity index (χ1v) is 7.18. The summed E-state index contributed by atoms with van der Waals surface area (Å²) in [4.78, 5) is 25.0. The topological polar surface area (TPSA) is 73.5 Å². The fourth-order valence-electron chi connectivity index (χ4n) is 2.45. The van der Waals surface area contributed by atoms with Crippen LogP contribution in [0.3, 0.4) is 0 Å². The number of carbonyl (C=O) groups is 2. The zero-order chi connectivity index (χ0) is 15.2. The minimum atomic E-state index is -0.466. The summed E-state index contributed by atoms with van der Waals surface area (Å²) in [5, 5.41) is 8.11. The summed E-state index contributed by atoms with van der Waals surface area (Å²) in [6, 6.07) is 8.08. The molecule has 0 saturated carbocycles. The quantitative estimate of drug-likeness (QED) is 0.771. The van der Waals surface area contributed by atoms with Crippen LogP contribution in [0.1, 0.15) is 18.9 Å². The maximum Gasteiger partial charge on any atom is 0.321 e. The van der Waals surface area contributed by atoms with Gasteiger partial charge in [0.25, 0.3) is 0 Å². The van der Waals surface area contributed by atoms with Gasteiger partial charge in [-0.2, -0.15) is 0 Å². The van der Waals surface area contributed by atoms with Gasteiger partial charge in [0.05, 0.1) is 0 Å². The molecule has 6 nitrogen and oxygen atoms in total. The molecule has 1 heterocycles. The van der Waals surface area contributed by atoms with E-state index in [2.05, 4.69) is 39.9 Å². The first kappa shape index (κ1) is 15.3. The molecule has 1 aromatic carbocycles. The molecular formula is C15H22N4O2. The third-order valence-electron chi connectivity index (χ3n) is 3.56. The lowest BCUT2D eigenvalue weighted by Gasteiger charge is -2.26. The molecular weight excluding hydrogens is 268 g/mol. The van der Waals surface area contributed by atoms with Gasteiger partial charge >= 0.3 is 6.03 Å². The van der Waals surface area contributed by atoms with Crippen molar-refractivity contribution < 1.29 is 9.59 Å². The number of benzene rings is 1. The Morgan fingerprint density at radius 1 is 1.38 bits per heavy atom. The van der Waals surface area contributed by atoms with Crippen LogP contribution in [0.25, 0.3) is 0 Å². The number of anilines is 1. The highest BCUT2D eigenvalue weighted by molar-refractivity contribution is 5.94. The molecule has 0 aliphatic carbocycles. The molecule has 2 rings (SSSR count). The van der Waals surface area contributed by atoms with Crippen LogP contribution in [-0.2, 0) is 11.3 Å². The lowest BCUT2D eigenvalue weighted by Crippen LogP contribution is -2.41. The standard InChI is InChI=1S/C15H22N4O2/c1-11-10-19(8-7-14(20)18-15(21)16-2)13-6-4-3-5-12(13)9-17-11/h3-6,11,17H,7-10H2,1-2H3,(H2,16,18,20,21). The molecule has 1 aromatic rings. The summed E-state index contributed by atoms with van der Waals surface area (Å²) in [5.74, 6) is -0.267. The van der Waals surface area contributed by atoms with Gasteiger partial charge in [0, 0.05) is 44.8 Å². The van der Waals surface area contributed by atoms with Crippen LogP contribution in [0, 0.1) is 0 Å². The SMILES string of the molecule is CNC(=O)NC(=O)CCN1CC(C)NCc2ccccc21. The molecule has 1 aliphatic heterocycles. The summed E-state index contributed by atoms with van der Waals surface area (Å²) < 4.78 is 0. The number of carbonyl (C=O) groups excluding carboxylic acids is 2. The lowest BCUT2D eigenvalue weighted by molar-refractivity contribution is -0.119. The molecule has 1 aliphatic rings. The van der Waals surface area contributed by atoms with Gasteiger partial charge in [0.1, 0.15) is 0 Å². The van der Waals surface area contributed by atoms with Crippen LogP contribution in [-0.4, -0.2) is 38.1 Å². The molecule has 1 atom stereocenters. The number of nitrogens with zero attached hydrogens (tertiary/aromatic N) is 1. The lowest BCUT2D eigenvalue weighted by atomic mass is 10.1. The van der Waals surface area contributed by atoms with Gasteiger partial charge in [0.2, 0.25) is 5.91 Å². The fourth-order valence-corrected chi connectivity index (χ4v) is 2.45. The van der Waals surface area contributed by atoms with E-state index in [1.165, 1.54) is 12.6 Å². The molecule has 1 unspecified atom stereocenters. The van der Waals surface area contributed by atoms with Crippen LogP contribution in [0.4, 0.5) is 10.5 Å². The Morgan fingerprint density at radius 2 is 2.14 bits per heavy atom. The van der Waals surface area contributed by atoms with Crippen molar-refractivity contribution in [2.75, 3.05) is 25.0 Å². The second-order valence-electron chi connectivity index (χ2n) is 5.23. The van der Waals surface area contributed by atoms with E-state index < -0.39 is 6.03 Å². The smallest absolute Gasteiger partial charge is 0.321 e. The fraction of sp³-hybridized carbons (Fsp3) is 0.467. The summed E-state index contributed by atoms with van der Waals surface area (Å²) in [7, 11) is 1.49. The molecule has 0 bridgehead atoms. The zero-order valence-electron chi connectivity index (χ0n) is 12.5. The Bertz CT molecular complexity index is 518. The van der Waals surface area contributed by atoms with Gasteiger partial charge in [0.15, 0.2) is 0 Å². The van der Waals surface area contributed by atoms with E-state index >= 15 is 0 Å². The van der Waals surface area contributed by atoms with Crippen molar-refractivity contribution in [1.29, 1.82) is 0 Å². The normalized spacial score (nSPS) is 17.6. The van der Waals surface area contributed by atoms with Gasteiger partial charge in [-0.3, -0.25) is 10.1 Å². The van der Waals surface area contributed by atoms with Gasteiger partial charge in [-0.15, -0.1) is 0 Å². The minimum absolute atomic E-state index is 0.267. The number of nitrogens with one attached hydrogen (secondary N) is 3. The van der Waals surface area contributed by atoms with E-state index in [4.69, 9.17) is 0 Å². The Morgan fingerprint density at radius 3 is 2.90 bits per heavy atom. The number of imide groups is 1. The summed E-state index contributed by atoms with van der Waals surface area (Å²) >= 11 is 0. The van der Waals surface area contributed by atoms with Crippen molar-refractivity contribution in [3.05, 3.63) is 29.8 Å². The number of para-hydroxylation sites is 1. The average molecular weight is 290 g/mol. The van der Waals surface area contributed by atoms with Crippen molar-refractivity contribution in [1.82, 2.24) is 16.0 Å². The Kier molecular flexibility index (Phi) is 5.16. The van der Waals surface area contributed by atoms with Gasteiger partial charge < -0.3 is 15.5 Å². The third-order valence-corrected chi connectivity index (χ3v) is 3.56. The van der Waals surface area contributed by atoms with Crippen LogP contribution in [0.15, 0.2) is 24.3 Å². The van der Waals surface area contributed by atoms with Crippen LogP contribution < -0.4 is 20.9 Å². The number of rotatable bonds is 3. The predicted molar refractivity (Wildman–Crippen MR) is 82.2 cm³/mol. The van der Waals surface area contributed by atoms with E-state index in [1.54, 1.807) is 0 Å². The van der Waals surface area contributed by atoms with E-state index in [-0.39, 0.29) is 12.3 Å². The molecule has 0 aromatic heterocycles. The summed E-state index contributed by atoms with van der Waals surface area (Å²) in [5.41, 5.74) is 2.38. The predicted octanol–water partition coefficient (Wildman–Crippen LogP) is 0.830. The monoisotopic (exact) mass is 290 g/mol. The summed E-state index contributed by atoms with van der Waals surface area (Å²) in [6.45, 7) is 4.39. The zero-order valence-corrected chi connectivity index (χ0v) is 12.5. The number of hydrogen-bond acceptors (Lipinski definition) is 4. The summed E-state index contributed by atoms with van der Waals surface area (Å²) in [6.07, 6.45) is 0.286. The van der Waals surface area contributed by atoms with Crippen molar-refractivity contribution in [2.24, 2.45) is 0 Å². The van der Waals surface area contributed by atoms with Gasteiger partial charge in [-0.05, 0) is 18.6 Å². The van der Waals surface area contributed by atoms with Crippen molar-refractivity contribution in [3.8, 4) is 0 Å². The second kappa shape index (κ2) is 7.08. The van der Waals surface area contributed by atoms with Crippen molar-refractivity contribution in [3.63, 3.8) is 0 Å². The van der Waals surface area contributed by atoms with E-state index in [0.717, 1.165) is 18.8 Å². The number of urea groups is 1. The van der Waals surface area contributed by atoms with Crippen LogP contribution in [0.2, 0.25) is 0 Å². The molecule has 21 heavy (non-hydrogen) atoms. The molecule has 0 radical (unpaired) electrons. The first-order valence-electron chi connectivity index (χ1n) is 7.18. The Hall–Kier alpha value is -2.08. The third kappa shape index (κ3) is 4.19. The van der Waals surface area contributed by atoms with Crippen molar-refractivity contribution >= 4 is 17.6 Å². The van der Waals surface area contributed by atoms with E-state index in [0.29, 0.717) is 12.6 Å². The number of fused-ring (bicyclic) bond motifs is 1. The molecule has 6 heteroatoms. The highest BCUT2D eigenvalue weighted by atomic mass is 16.2. The minimum Gasteiger partial charge on any atom is -0.369 e. The Balaban J connectivity index is 2.01.